The van der Waals surface area contributed by atoms with Crippen LogP contribution in [0.3, 0.4) is 0 Å². The molecule has 1 aliphatic rings. The first kappa shape index (κ1) is 9.80. The maximum atomic E-state index is 12.0. The molecule has 1 N–H and O–H groups in total. The Hall–Kier alpha value is -0.740. The highest BCUT2D eigenvalue weighted by Crippen LogP contribution is 2.14. The molecule has 2 heterocycles. The van der Waals surface area contributed by atoms with E-state index in [0.29, 0.717) is 0 Å². The minimum atomic E-state index is -0.943. The van der Waals surface area contributed by atoms with E-state index < -0.39 is 10.8 Å². The zero-order valence-corrected chi connectivity index (χ0v) is 9.01. The summed E-state index contributed by atoms with van der Waals surface area (Å²) in [7, 11) is -0.943. The fraction of sp³-hybridized carbons (Fsp3) is 0.500. The summed E-state index contributed by atoms with van der Waals surface area (Å²) < 4.78 is 12.0. The van der Waals surface area contributed by atoms with Gasteiger partial charge >= 0.3 is 0 Å². The van der Waals surface area contributed by atoms with E-state index in [0.717, 1.165) is 30.1 Å². The number of aryl methyl sites for hydroxylation is 1. The van der Waals surface area contributed by atoms with Gasteiger partial charge in [-0.3, -0.25) is 4.21 Å². The van der Waals surface area contributed by atoms with Crippen LogP contribution in [-0.2, 0) is 10.8 Å². The van der Waals surface area contributed by atoms with Crippen LogP contribution >= 0.6 is 0 Å². The fourth-order valence-electron chi connectivity index (χ4n) is 1.60. The van der Waals surface area contributed by atoms with Gasteiger partial charge in [-0.05, 0) is 37.6 Å². The number of pyridine rings is 1. The van der Waals surface area contributed by atoms with Crippen molar-refractivity contribution in [3.8, 4) is 0 Å². The molecule has 4 heteroatoms. The van der Waals surface area contributed by atoms with Crippen LogP contribution in [0.4, 0.5) is 0 Å². The van der Waals surface area contributed by atoms with Crippen LogP contribution < -0.4 is 5.32 Å². The topological polar surface area (TPSA) is 42.0 Å². The number of hydrogen-bond acceptors (Lipinski definition) is 3. The first-order valence-electron chi connectivity index (χ1n) is 4.81. The number of nitrogens with one attached hydrogen (secondary N) is 1. The highest BCUT2D eigenvalue weighted by atomic mass is 32.2. The third-order valence-corrected chi connectivity index (χ3v) is 4.06. The molecule has 0 aromatic carbocycles. The number of rotatable bonds is 2. The maximum absolute atomic E-state index is 12.0. The van der Waals surface area contributed by atoms with Gasteiger partial charge in [-0.15, -0.1) is 0 Å². The van der Waals surface area contributed by atoms with Crippen molar-refractivity contribution in [2.75, 3.05) is 13.1 Å². The number of aromatic nitrogens is 1. The zero-order chi connectivity index (χ0) is 9.97. The van der Waals surface area contributed by atoms with Gasteiger partial charge in [0.05, 0.1) is 16.0 Å². The van der Waals surface area contributed by atoms with Gasteiger partial charge in [0.15, 0.2) is 0 Å². The van der Waals surface area contributed by atoms with Gasteiger partial charge in [-0.25, -0.2) is 4.98 Å². The Labute approximate surface area is 86.4 Å². The Morgan fingerprint density at radius 2 is 2.50 bits per heavy atom. The van der Waals surface area contributed by atoms with Crippen LogP contribution in [0.5, 0.6) is 0 Å². The molecule has 0 radical (unpaired) electrons. The van der Waals surface area contributed by atoms with Crippen molar-refractivity contribution in [1.29, 1.82) is 0 Å². The molecule has 2 atom stereocenters. The first-order chi connectivity index (χ1) is 6.77. The van der Waals surface area contributed by atoms with E-state index in [4.69, 9.17) is 0 Å². The summed E-state index contributed by atoms with van der Waals surface area (Å²) in [6.45, 7) is 3.82. The minimum Gasteiger partial charge on any atom is -0.315 e. The van der Waals surface area contributed by atoms with Crippen molar-refractivity contribution in [1.82, 2.24) is 10.3 Å². The van der Waals surface area contributed by atoms with Crippen LogP contribution in [0.1, 0.15) is 12.0 Å². The zero-order valence-electron chi connectivity index (χ0n) is 8.19. The van der Waals surface area contributed by atoms with Crippen molar-refractivity contribution in [3.63, 3.8) is 0 Å². The Morgan fingerprint density at radius 3 is 3.14 bits per heavy atom. The number of hydrogen-bond donors (Lipinski definition) is 1. The average molecular weight is 210 g/mol. The van der Waals surface area contributed by atoms with Gasteiger partial charge in [0.25, 0.3) is 0 Å². The first-order valence-corrected chi connectivity index (χ1v) is 6.02. The molecule has 76 valence electrons. The molecule has 0 saturated carbocycles. The molecular formula is C10H14N2OS. The summed E-state index contributed by atoms with van der Waals surface area (Å²) in [5, 5.41) is 4.18. The van der Waals surface area contributed by atoms with Crippen molar-refractivity contribution in [3.05, 3.63) is 23.9 Å². The largest absolute Gasteiger partial charge is 0.315 e. The Bertz CT molecular complexity index is 348. The lowest BCUT2D eigenvalue weighted by atomic mass is 10.3. The maximum Gasteiger partial charge on any atom is 0.127 e. The van der Waals surface area contributed by atoms with Gasteiger partial charge in [0.1, 0.15) is 5.03 Å². The molecule has 2 rings (SSSR count). The van der Waals surface area contributed by atoms with Gasteiger partial charge in [0, 0.05) is 12.7 Å². The van der Waals surface area contributed by atoms with Crippen LogP contribution in [0.2, 0.25) is 0 Å². The predicted molar refractivity (Wildman–Crippen MR) is 56.7 cm³/mol. The minimum absolute atomic E-state index is 0.240. The molecule has 0 amide bonds. The molecule has 1 aromatic heterocycles. The third-order valence-electron chi connectivity index (χ3n) is 2.41. The van der Waals surface area contributed by atoms with Crippen LogP contribution in [0.25, 0.3) is 0 Å². The Kier molecular flexibility index (Phi) is 2.93. The van der Waals surface area contributed by atoms with Gasteiger partial charge in [-0.1, -0.05) is 0 Å². The van der Waals surface area contributed by atoms with Gasteiger partial charge in [0.2, 0.25) is 0 Å². The average Bonchev–Trinajstić information content (AvgIpc) is 2.69. The standard InChI is InChI=1S/C10H14N2OS/c1-8-2-5-12-10(6-8)14(13)9-3-4-11-7-9/h2,5-6,9,11H,3-4,7H2,1H3/t9-,14-/m1/s1. The van der Waals surface area contributed by atoms with E-state index in [2.05, 4.69) is 10.3 Å². The van der Waals surface area contributed by atoms with Crippen molar-refractivity contribution in [2.45, 2.75) is 23.6 Å². The van der Waals surface area contributed by atoms with E-state index >= 15 is 0 Å². The molecule has 3 nitrogen and oxygen atoms in total. The molecule has 0 spiro atoms. The van der Waals surface area contributed by atoms with Crippen molar-refractivity contribution >= 4 is 10.8 Å². The normalized spacial score (nSPS) is 23.6. The van der Waals surface area contributed by atoms with Crippen LogP contribution in [-0.4, -0.2) is 27.5 Å². The second kappa shape index (κ2) is 4.19. The second-order valence-electron chi connectivity index (χ2n) is 3.58. The highest BCUT2D eigenvalue weighted by molar-refractivity contribution is 7.85. The molecule has 0 bridgehead atoms. The molecule has 0 aliphatic carbocycles. The van der Waals surface area contributed by atoms with E-state index in [-0.39, 0.29) is 5.25 Å². The molecule has 14 heavy (non-hydrogen) atoms. The summed E-state index contributed by atoms with van der Waals surface area (Å²) in [4.78, 5) is 4.16. The van der Waals surface area contributed by atoms with Crippen molar-refractivity contribution < 1.29 is 4.21 Å². The molecule has 1 aliphatic heterocycles. The molecule has 0 unspecified atom stereocenters. The monoisotopic (exact) mass is 210 g/mol. The fourth-order valence-corrected chi connectivity index (χ4v) is 3.01. The second-order valence-corrected chi connectivity index (χ2v) is 5.26. The lowest BCUT2D eigenvalue weighted by molar-refractivity contribution is 0.669. The third kappa shape index (κ3) is 2.01. The van der Waals surface area contributed by atoms with Crippen LogP contribution in [0, 0.1) is 6.92 Å². The quantitative estimate of drug-likeness (QED) is 0.787. The summed E-state index contributed by atoms with van der Waals surface area (Å²) in [6, 6.07) is 3.84. The van der Waals surface area contributed by atoms with E-state index in [9.17, 15) is 4.21 Å². The molecule has 1 aromatic rings. The van der Waals surface area contributed by atoms with Gasteiger partial charge < -0.3 is 5.32 Å². The summed E-state index contributed by atoms with van der Waals surface area (Å²) in [6.07, 6.45) is 2.72. The van der Waals surface area contributed by atoms with Crippen molar-refractivity contribution in [2.24, 2.45) is 0 Å². The van der Waals surface area contributed by atoms with E-state index in [1.807, 2.05) is 19.1 Å². The Balaban J connectivity index is 2.17. The Morgan fingerprint density at radius 1 is 1.64 bits per heavy atom. The molecular weight excluding hydrogens is 196 g/mol. The number of nitrogens with zero attached hydrogens (tertiary/aromatic N) is 1. The summed E-state index contributed by atoms with van der Waals surface area (Å²) in [5.41, 5.74) is 1.12. The molecule has 1 fully saturated rings. The van der Waals surface area contributed by atoms with Crippen LogP contribution in [0.15, 0.2) is 23.4 Å². The van der Waals surface area contributed by atoms with Gasteiger partial charge in [-0.2, -0.15) is 0 Å². The lowest BCUT2D eigenvalue weighted by Gasteiger charge is -2.07. The summed E-state index contributed by atoms with van der Waals surface area (Å²) >= 11 is 0. The molecule has 1 saturated heterocycles. The van der Waals surface area contributed by atoms with E-state index in [1.54, 1.807) is 6.20 Å². The SMILES string of the molecule is Cc1ccnc([S@](=O)[C@@H]2CCNC2)c1. The predicted octanol–water partition coefficient (Wildman–Crippen LogP) is 0.860. The lowest BCUT2D eigenvalue weighted by Crippen LogP contribution is -2.19. The summed E-state index contributed by atoms with van der Waals surface area (Å²) in [5.74, 6) is 0. The van der Waals surface area contributed by atoms with E-state index in [1.165, 1.54) is 0 Å². The smallest absolute Gasteiger partial charge is 0.127 e. The highest BCUT2D eigenvalue weighted by Gasteiger charge is 2.22.